The molecule has 0 radical (unpaired) electrons. The summed E-state index contributed by atoms with van der Waals surface area (Å²) >= 11 is 4.88. The number of carboxylic acid groups (broad SMARTS) is 1. The Morgan fingerprint density at radius 1 is 1.47 bits per heavy atom. The Morgan fingerprint density at radius 3 is 2.74 bits per heavy atom. The first kappa shape index (κ1) is 14.3. The number of amides is 1. The van der Waals surface area contributed by atoms with Crippen molar-refractivity contribution in [1.82, 2.24) is 4.90 Å². The van der Waals surface area contributed by atoms with E-state index in [0.29, 0.717) is 12.5 Å². The summed E-state index contributed by atoms with van der Waals surface area (Å²) in [5.41, 5.74) is 0. The zero-order valence-electron chi connectivity index (χ0n) is 10.2. The highest BCUT2D eigenvalue weighted by Crippen LogP contribution is 2.29. The summed E-state index contributed by atoms with van der Waals surface area (Å²) in [6.07, 6.45) is 5.35. The van der Waals surface area contributed by atoms with Gasteiger partial charge in [0, 0.05) is 17.5 Å². The molecule has 1 fully saturated rings. The van der Waals surface area contributed by atoms with Crippen molar-refractivity contribution in [3.8, 4) is 0 Å². The van der Waals surface area contributed by atoms with Crippen molar-refractivity contribution in [3.63, 3.8) is 0 Å². The maximum Gasteiger partial charge on any atom is 0.323 e. The number of carboxylic acids is 1. The maximum atomic E-state index is 12.0. The molecule has 0 aliphatic heterocycles. The molecule has 1 aliphatic carbocycles. The fourth-order valence-corrected chi connectivity index (χ4v) is 3.01. The second-order valence-electron chi connectivity index (χ2n) is 4.53. The molecule has 0 bridgehead atoms. The van der Waals surface area contributed by atoms with Gasteiger partial charge in [0.1, 0.15) is 6.54 Å². The van der Waals surface area contributed by atoms with Crippen LogP contribution in [0, 0.1) is 5.92 Å². The van der Waals surface area contributed by atoms with E-state index in [1.54, 1.807) is 6.08 Å². The quantitative estimate of drug-likeness (QED) is 0.808. The van der Waals surface area contributed by atoms with Crippen LogP contribution in [0.3, 0.4) is 0 Å². The average Bonchev–Trinajstić information content (AvgIpc) is 3.06. The van der Waals surface area contributed by atoms with Crippen LogP contribution in [-0.2, 0) is 9.59 Å². The molecule has 19 heavy (non-hydrogen) atoms. The van der Waals surface area contributed by atoms with Gasteiger partial charge in [-0.3, -0.25) is 9.59 Å². The summed E-state index contributed by atoms with van der Waals surface area (Å²) in [6.45, 7) is 0.317. The number of aliphatic carboxylic acids is 1. The summed E-state index contributed by atoms with van der Waals surface area (Å²) in [4.78, 5) is 25.1. The number of carbonyl (C=O) groups is 2. The molecule has 2 rings (SSSR count). The number of carbonyl (C=O) groups excluding carboxylic acids is 1. The molecule has 1 aromatic heterocycles. The summed E-state index contributed by atoms with van der Waals surface area (Å²) in [5.74, 6) is -0.729. The minimum Gasteiger partial charge on any atom is -0.480 e. The molecule has 1 heterocycles. The first-order valence-corrected chi connectivity index (χ1v) is 7.59. The van der Waals surface area contributed by atoms with E-state index < -0.39 is 5.97 Å². The van der Waals surface area contributed by atoms with Gasteiger partial charge in [0.25, 0.3) is 0 Å². The lowest BCUT2D eigenvalue weighted by atomic mass is 10.3. The Morgan fingerprint density at radius 2 is 2.21 bits per heavy atom. The van der Waals surface area contributed by atoms with Crippen molar-refractivity contribution in [2.24, 2.45) is 5.92 Å². The Bertz CT molecular complexity index is 508. The number of nitrogens with zero attached hydrogens (tertiary/aromatic N) is 1. The normalized spacial score (nSPS) is 14.8. The second-order valence-corrected chi connectivity index (χ2v) is 7.03. The lowest BCUT2D eigenvalue weighted by molar-refractivity contribution is -0.142. The van der Waals surface area contributed by atoms with Crippen LogP contribution < -0.4 is 0 Å². The maximum absolute atomic E-state index is 12.0. The van der Waals surface area contributed by atoms with Gasteiger partial charge < -0.3 is 10.0 Å². The van der Waals surface area contributed by atoms with Gasteiger partial charge in [-0.2, -0.15) is 0 Å². The standard InChI is InChI=1S/C13H14BrNO3S/c14-11-5-3-10(19-11)4-6-12(16)15(8-13(17)18)7-9-1-2-9/h3-6,9H,1-2,7-8H2,(H,17,18)/b6-4+. The molecule has 0 atom stereocenters. The van der Waals surface area contributed by atoms with Crippen LogP contribution in [-0.4, -0.2) is 35.0 Å². The van der Waals surface area contributed by atoms with E-state index in [1.807, 2.05) is 12.1 Å². The Hall–Kier alpha value is -1.14. The predicted octanol–water partition coefficient (Wildman–Crippen LogP) is 2.85. The highest BCUT2D eigenvalue weighted by molar-refractivity contribution is 9.11. The number of hydrogen-bond acceptors (Lipinski definition) is 3. The summed E-state index contributed by atoms with van der Waals surface area (Å²) < 4.78 is 1.000. The van der Waals surface area contributed by atoms with Gasteiger partial charge in [0.15, 0.2) is 0 Å². The fraction of sp³-hybridized carbons (Fsp3) is 0.385. The van der Waals surface area contributed by atoms with Crippen LogP contribution in [0.2, 0.25) is 0 Å². The van der Waals surface area contributed by atoms with Crippen molar-refractivity contribution < 1.29 is 14.7 Å². The minimum atomic E-state index is -0.971. The van der Waals surface area contributed by atoms with Crippen molar-refractivity contribution in [2.45, 2.75) is 12.8 Å². The Labute approximate surface area is 123 Å². The van der Waals surface area contributed by atoms with E-state index >= 15 is 0 Å². The van der Waals surface area contributed by atoms with E-state index in [-0.39, 0.29) is 12.5 Å². The molecule has 1 N–H and O–H groups in total. The van der Waals surface area contributed by atoms with Crippen LogP contribution >= 0.6 is 27.3 Å². The molecule has 0 aromatic carbocycles. The van der Waals surface area contributed by atoms with Gasteiger partial charge >= 0.3 is 5.97 Å². The molecule has 1 amide bonds. The molecule has 0 spiro atoms. The molecule has 102 valence electrons. The summed E-state index contributed by atoms with van der Waals surface area (Å²) in [7, 11) is 0. The Balaban J connectivity index is 1.97. The third-order valence-electron chi connectivity index (χ3n) is 2.80. The first-order chi connectivity index (χ1) is 9.04. The number of thiophene rings is 1. The van der Waals surface area contributed by atoms with E-state index in [9.17, 15) is 9.59 Å². The van der Waals surface area contributed by atoms with Crippen molar-refractivity contribution in [3.05, 3.63) is 26.9 Å². The Kier molecular flexibility index (Phi) is 4.76. The summed E-state index contributed by atoms with van der Waals surface area (Å²) in [5, 5.41) is 8.83. The molecule has 4 nitrogen and oxygen atoms in total. The average molecular weight is 344 g/mol. The van der Waals surface area contributed by atoms with Gasteiger partial charge in [-0.05, 0) is 52.9 Å². The number of halogens is 1. The predicted molar refractivity (Wildman–Crippen MR) is 78.0 cm³/mol. The number of hydrogen-bond donors (Lipinski definition) is 1. The second kappa shape index (κ2) is 6.34. The third kappa shape index (κ3) is 4.80. The topological polar surface area (TPSA) is 57.6 Å². The molecule has 1 saturated carbocycles. The molecular formula is C13H14BrNO3S. The summed E-state index contributed by atoms with van der Waals surface area (Å²) in [6, 6.07) is 3.81. The monoisotopic (exact) mass is 343 g/mol. The zero-order valence-corrected chi connectivity index (χ0v) is 12.6. The molecule has 0 saturated heterocycles. The fourth-order valence-electron chi connectivity index (χ4n) is 1.68. The van der Waals surface area contributed by atoms with Crippen LogP contribution in [0.5, 0.6) is 0 Å². The van der Waals surface area contributed by atoms with Gasteiger partial charge in [-0.25, -0.2) is 0 Å². The smallest absolute Gasteiger partial charge is 0.323 e. The van der Waals surface area contributed by atoms with Crippen LogP contribution in [0.15, 0.2) is 22.0 Å². The van der Waals surface area contributed by atoms with Crippen LogP contribution in [0.1, 0.15) is 17.7 Å². The molecule has 1 aromatic rings. The highest BCUT2D eigenvalue weighted by atomic mass is 79.9. The van der Waals surface area contributed by atoms with Gasteiger partial charge in [-0.15, -0.1) is 11.3 Å². The van der Waals surface area contributed by atoms with Crippen LogP contribution in [0.25, 0.3) is 6.08 Å². The minimum absolute atomic E-state index is 0.228. The van der Waals surface area contributed by atoms with E-state index in [0.717, 1.165) is 21.5 Å². The zero-order chi connectivity index (χ0) is 13.8. The molecule has 6 heteroatoms. The molecule has 0 unspecified atom stereocenters. The van der Waals surface area contributed by atoms with Crippen molar-refractivity contribution in [1.29, 1.82) is 0 Å². The lowest BCUT2D eigenvalue weighted by Crippen LogP contribution is -2.36. The molecular weight excluding hydrogens is 330 g/mol. The van der Waals surface area contributed by atoms with Crippen LogP contribution in [0.4, 0.5) is 0 Å². The van der Waals surface area contributed by atoms with Gasteiger partial charge in [0.2, 0.25) is 5.91 Å². The van der Waals surface area contributed by atoms with E-state index in [1.165, 1.54) is 22.3 Å². The largest absolute Gasteiger partial charge is 0.480 e. The van der Waals surface area contributed by atoms with Gasteiger partial charge in [-0.1, -0.05) is 0 Å². The van der Waals surface area contributed by atoms with Gasteiger partial charge in [0.05, 0.1) is 3.79 Å². The van der Waals surface area contributed by atoms with E-state index in [4.69, 9.17) is 5.11 Å². The van der Waals surface area contributed by atoms with Crippen molar-refractivity contribution in [2.75, 3.05) is 13.1 Å². The van der Waals surface area contributed by atoms with E-state index in [2.05, 4.69) is 15.9 Å². The lowest BCUT2D eigenvalue weighted by Gasteiger charge is -2.18. The van der Waals surface area contributed by atoms with Crippen molar-refractivity contribution >= 4 is 45.2 Å². The third-order valence-corrected chi connectivity index (χ3v) is 4.39. The SMILES string of the molecule is O=C(O)CN(CC1CC1)C(=O)/C=C/c1ccc(Br)s1. The first-order valence-electron chi connectivity index (χ1n) is 5.98. The number of rotatable bonds is 6. The highest BCUT2D eigenvalue weighted by Gasteiger charge is 2.27. The molecule has 1 aliphatic rings.